The minimum Gasteiger partial charge on any atom is -0.396 e. The van der Waals surface area contributed by atoms with E-state index in [1.807, 2.05) is 11.9 Å². The molecule has 0 aliphatic heterocycles. The molecule has 2 heterocycles. The number of nitrogens with one attached hydrogen (secondary N) is 1. The minimum atomic E-state index is 0.224. The van der Waals surface area contributed by atoms with Crippen LogP contribution < -0.4 is 16.2 Å². The van der Waals surface area contributed by atoms with Gasteiger partial charge in [0, 0.05) is 32.6 Å². The third kappa shape index (κ3) is 4.10. The number of aliphatic hydroxyl groups excluding tert-OH is 1. The van der Waals surface area contributed by atoms with Gasteiger partial charge in [-0.1, -0.05) is 0 Å². The molecule has 0 aromatic carbocycles. The zero-order chi connectivity index (χ0) is 15.1. The van der Waals surface area contributed by atoms with Gasteiger partial charge in [0.05, 0.1) is 0 Å². The highest BCUT2D eigenvalue weighted by Crippen LogP contribution is 2.12. The van der Waals surface area contributed by atoms with Crippen LogP contribution in [0.1, 0.15) is 19.3 Å². The van der Waals surface area contributed by atoms with Gasteiger partial charge in [-0.25, -0.2) is 10.8 Å². The Bertz CT molecular complexity index is 544. The van der Waals surface area contributed by atoms with Crippen molar-refractivity contribution < 1.29 is 5.11 Å². The topological polar surface area (TPSA) is 118 Å². The summed E-state index contributed by atoms with van der Waals surface area (Å²) in [5, 5.41) is 8.78. The Hall–Kier alpha value is -2.26. The second-order valence-corrected chi connectivity index (χ2v) is 4.58. The van der Waals surface area contributed by atoms with Crippen LogP contribution in [0.2, 0.25) is 0 Å². The van der Waals surface area contributed by atoms with Gasteiger partial charge in [0.2, 0.25) is 17.8 Å². The fraction of sp³-hybridized carbons (Fsp3) is 0.500. The van der Waals surface area contributed by atoms with E-state index in [0.29, 0.717) is 17.8 Å². The van der Waals surface area contributed by atoms with Crippen molar-refractivity contribution in [1.82, 2.24) is 24.5 Å². The number of nitrogen functional groups attached to an aromatic ring is 1. The molecule has 0 radical (unpaired) electrons. The van der Waals surface area contributed by atoms with Gasteiger partial charge >= 0.3 is 0 Å². The lowest BCUT2D eigenvalue weighted by Crippen LogP contribution is -2.23. The summed E-state index contributed by atoms with van der Waals surface area (Å²) < 4.78 is 1.69. The summed E-state index contributed by atoms with van der Waals surface area (Å²) in [6.45, 7) is 1.01. The molecule has 0 atom stereocenters. The SMILES string of the molecule is CN(CCCCCO)c1nc(NN)nc(-n2ccnc2)n1. The van der Waals surface area contributed by atoms with Gasteiger partial charge in [-0.15, -0.1) is 0 Å². The Morgan fingerprint density at radius 2 is 2.14 bits per heavy atom. The standard InChI is InChI=1S/C12H20N8O/c1-19(6-3-2-4-8-21)11-15-10(18-13)16-12(17-11)20-7-5-14-9-20/h5,7,9,21H,2-4,6,8,13H2,1H3,(H,15,16,17,18). The van der Waals surface area contributed by atoms with Crippen molar-refractivity contribution in [3.8, 4) is 5.95 Å². The Kier molecular flexibility index (Phi) is 5.41. The largest absolute Gasteiger partial charge is 0.396 e. The lowest BCUT2D eigenvalue weighted by molar-refractivity contribution is 0.283. The number of anilines is 2. The lowest BCUT2D eigenvalue weighted by Gasteiger charge is -2.18. The number of hydrazine groups is 1. The highest BCUT2D eigenvalue weighted by Gasteiger charge is 2.10. The van der Waals surface area contributed by atoms with E-state index in [1.165, 1.54) is 0 Å². The normalized spacial score (nSPS) is 10.6. The monoisotopic (exact) mass is 292 g/mol. The van der Waals surface area contributed by atoms with Gasteiger partial charge < -0.3 is 10.0 Å². The molecule has 0 saturated carbocycles. The van der Waals surface area contributed by atoms with Gasteiger partial charge in [-0.05, 0) is 19.3 Å². The van der Waals surface area contributed by atoms with Gasteiger partial charge in [0.1, 0.15) is 6.33 Å². The van der Waals surface area contributed by atoms with Crippen LogP contribution in [-0.2, 0) is 0 Å². The first-order valence-electron chi connectivity index (χ1n) is 6.77. The third-order valence-corrected chi connectivity index (χ3v) is 2.97. The van der Waals surface area contributed by atoms with E-state index < -0.39 is 0 Å². The number of imidazole rings is 1. The molecular formula is C12H20N8O. The maximum absolute atomic E-state index is 8.78. The number of unbranched alkanes of at least 4 members (excludes halogenated alkanes) is 2. The number of nitrogens with two attached hydrogens (primary N) is 1. The average Bonchev–Trinajstić information content (AvgIpc) is 3.05. The van der Waals surface area contributed by atoms with Crippen LogP contribution in [0.5, 0.6) is 0 Å². The first kappa shape index (κ1) is 15.1. The molecular weight excluding hydrogens is 272 g/mol. The van der Waals surface area contributed by atoms with Crippen LogP contribution in [0.25, 0.3) is 5.95 Å². The van der Waals surface area contributed by atoms with Crippen LogP contribution in [0, 0.1) is 0 Å². The lowest BCUT2D eigenvalue weighted by atomic mass is 10.2. The summed E-state index contributed by atoms with van der Waals surface area (Å²) in [6, 6.07) is 0. The van der Waals surface area contributed by atoms with Crippen molar-refractivity contribution in [3.63, 3.8) is 0 Å². The quantitative estimate of drug-likeness (QED) is 0.352. The molecule has 0 aliphatic rings. The Labute approximate surface area is 122 Å². The van der Waals surface area contributed by atoms with Gasteiger partial charge in [-0.3, -0.25) is 9.99 Å². The predicted octanol–water partition coefficient (Wildman–Crippen LogP) is -0.0583. The summed E-state index contributed by atoms with van der Waals surface area (Å²) in [5.41, 5.74) is 2.45. The molecule has 9 nitrogen and oxygen atoms in total. The first-order valence-corrected chi connectivity index (χ1v) is 6.77. The van der Waals surface area contributed by atoms with Crippen molar-refractivity contribution in [2.24, 2.45) is 5.84 Å². The highest BCUT2D eigenvalue weighted by atomic mass is 16.2. The summed E-state index contributed by atoms with van der Waals surface area (Å²) in [6.07, 6.45) is 7.73. The third-order valence-electron chi connectivity index (χ3n) is 2.97. The summed E-state index contributed by atoms with van der Waals surface area (Å²) in [4.78, 5) is 18.7. The second kappa shape index (κ2) is 7.50. The number of aromatic nitrogens is 5. The Balaban J connectivity index is 2.13. The first-order chi connectivity index (χ1) is 10.2. The second-order valence-electron chi connectivity index (χ2n) is 4.58. The smallest absolute Gasteiger partial charge is 0.243 e. The summed E-state index contributed by atoms with van der Waals surface area (Å²) >= 11 is 0. The van der Waals surface area contributed by atoms with E-state index >= 15 is 0 Å². The molecule has 2 aromatic heterocycles. The number of rotatable bonds is 8. The molecule has 0 spiro atoms. The summed E-state index contributed by atoms with van der Waals surface area (Å²) in [5.74, 6) is 6.69. The number of aliphatic hydroxyl groups is 1. The van der Waals surface area contributed by atoms with Crippen LogP contribution in [0.3, 0.4) is 0 Å². The van der Waals surface area contributed by atoms with Crippen molar-refractivity contribution in [2.75, 3.05) is 30.5 Å². The molecule has 2 rings (SSSR count). The number of hydrogen-bond acceptors (Lipinski definition) is 8. The minimum absolute atomic E-state index is 0.224. The fourth-order valence-corrected chi connectivity index (χ4v) is 1.82. The molecule has 0 bridgehead atoms. The fourth-order valence-electron chi connectivity index (χ4n) is 1.82. The van der Waals surface area contributed by atoms with E-state index in [0.717, 1.165) is 25.8 Å². The van der Waals surface area contributed by atoms with Crippen LogP contribution in [0.15, 0.2) is 18.7 Å². The Morgan fingerprint density at radius 1 is 1.29 bits per heavy atom. The zero-order valence-electron chi connectivity index (χ0n) is 12.0. The molecule has 114 valence electrons. The van der Waals surface area contributed by atoms with E-state index in [9.17, 15) is 0 Å². The summed E-state index contributed by atoms with van der Waals surface area (Å²) in [7, 11) is 1.91. The molecule has 4 N–H and O–H groups in total. The van der Waals surface area contributed by atoms with Crippen LogP contribution in [0.4, 0.5) is 11.9 Å². The molecule has 0 aliphatic carbocycles. The van der Waals surface area contributed by atoms with Gasteiger partial charge in [-0.2, -0.15) is 15.0 Å². The van der Waals surface area contributed by atoms with Crippen molar-refractivity contribution in [1.29, 1.82) is 0 Å². The van der Waals surface area contributed by atoms with Crippen molar-refractivity contribution >= 4 is 11.9 Å². The van der Waals surface area contributed by atoms with Gasteiger partial charge in [0.25, 0.3) is 0 Å². The molecule has 2 aromatic rings. The van der Waals surface area contributed by atoms with Crippen LogP contribution >= 0.6 is 0 Å². The molecule has 0 fully saturated rings. The predicted molar refractivity (Wildman–Crippen MR) is 79.0 cm³/mol. The van der Waals surface area contributed by atoms with E-state index in [2.05, 4.69) is 25.4 Å². The Morgan fingerprint density at radius 3 is 2.81 bits per heavy atom. The number of hydrogen-bond donors (Lipinski definition) is 3. The van der Waals surface area contributed by atoms with E-state index in [-0.39, 0.29) is 6.61 Å². The molecule has 0 saturated heterocycles. The van der Waals surface area contributed by atoms with Crippen molar-refractivity contribution in [2.45, 2.75) is 19.3 Å². The van der Waals surface area contributed by atoms with E-state index in [4.69, 9.17) is 10.9 Å². The van der Waals surface area contributed by atoms with E-state index in [1.54, 1.807) is 23.3 Å². The zero-order valence-corrected chi connectivity index (χ0v) is 12.0. The molecule has 0 unspecified atom stereocenters. The van der Waals surface area contributed by atoms with Crippen molar-refractivity contribution in [3.05, 3.63) is 18.7 Å². The number of nitrogens with zero attached hydrogens (tertiary/aromatic N) is 6. The molecule has 9 heteroatoms. The maximum atomic E-state index is 8.78. The average molecular weight is 292 g/mol. The maximum Gasteiger partial charge on any atom is 0.243 e. The molecule has 21 heavy (non-hydrogen) atoms. The highest BCUT2D eigenvalue weighted by molar-refractivity contribution is 5.38. The van der Waals surface area contributed by atoms with Gasteiger partial charge in [0.15, 0.2) is 0 Å². The molecule has 0 amide bonds. The van der Waals surface area contributed by atoms with Crippen LogP contribution in [-0.4, -0.2) is 49.8 Å².